The van der Waals surface area contributed by atoms with Gasteiger partial charge in [-0.1, -0.05) is 41.4 Å². The van der Waals surface area contributed by atoms with Crippen LogP contribution in [0.25, 0.3) is 11.3 Å². The fourth-order valence-electron chi connectivity index (χ4n) is 3.85. The Morgan fingerprint density at radius 1 is 1.03 bits per heavy atom. The number of benzene rings is 2. The number of rotatable bonds is 4. The van der Waals surface area contributed by atoms with Gasteiger partial charge in [0.2, 0.25) is 5.91 Å². The van der Waals surface area contributed by atoms with Gasteiger partial charge in [-0.05, 0) is 69.4 Å². The molecule has 5 nitrogen and oxygen atoms in total. The molecule has 1 aromatic heterocycles. The minimum absolute atomic E-state index is 0.167. The molecule has 6 heteroatoms. The lowest BCUT2D eigenvalue weighted by atomic mass is 9.89. The minimum Gasteiger partial charge on any atom is -0.324 e. The van der Waals surface area contributed by atoms with Crippen molar-refractivity contribution in [3.05, 3.63) is 80.6 Å². The molecule has 30 heavy (non-hydrogen) atoms. The summed E-state index contributed by atoms with van der Waals surface area (Å²) in [6.07, 6.45) is 3.59. The molecule has 1 N–H and O–H groups in total. The SMILES string of the molecule is Cc1ccc(-c2nn(C(C)C(=O)Nc3ccc(Cl)cc3)c(=O)c3c2CCCC3)cc1. The van der Waals surface area contributed by atoms with Gasteiger partial charge in [0.1, 0.15) is 6.04 Å². The second-order valence-corrected chi connectivity index (χ2v) is 8.24. The Hall–Kier alpha value is -2.92. The van der Waals surface area contributed by atoms with Crippen LogP contribution >= 0.6 is 11.6 Å². The predicted octanol–water partition coefficient (Wildman–Crippen LogP) is 4.95. The van der Waals surface area contributed by atoms with Gasteiger partial charge in [0, 0.05) is 21.8 Å². The quantitative estimate of drug-likeness (QED) is 0.648. The molecule has 4 rings (SSSR count). The molecule has 1 heterocycles. The Bertz CT molecular complexity index is 1130. The van der Waals surface area contributed by atoms with Gasteiger partial charge >= 0.3 is 0 Å². The van der Waals surface area contributed by atoms with Gasteiger partial charge in [0.05, 0.1) is 5.69 Å². The van der Waals surface area contributed by atoms with Crippen molar-refractivity contribution in [2.45, 2.75) is 45.6 Å². The maximum absolute atomic E-state index is 13.2. The van der Waals surface area contributed by atoms with Gasteiger partial charge in [-0.2, -0.15) is 5.10 Å². The predicted molar refractivity (Wildman–Crippen MR) is 120 cm³/mol. The highest BCUT2D eigenvalue weighted by Crippen LogP contribution is 2.29. The van der Waals surface area contributed by atoms with Crippen molar-refractivity contribution < 1.29 is 4.79 Å². The highest BCUT2D eigenvalue weighted by Gasteiger charge is 2.25. The van der Waals surface area contributed by atoms with Gasteiger partial charge in [-0.3, -0.25) is 9.59 Å². The lowest BCUT2D eigenvalue weighted by Gasteiger charge is -2.22. The summed E-state index contributed by atoms with van der Waals surface area (Å²) in [4.78, 5) is 26.1. The number of fused-ring (bicyclic) bond motifs is 1. The van der Waals surface area contributed by atoms with Crippen molar-refractivity contribution >= 4 is 23.2 Å². The third kappa shape index (κ3) is 4.03. The van der Waals surface area contributed by atoms with E-state index in [0.717, 1.165) is 53.6 Å². The lowest BCUT2D eigenvalue weighted by molar-refractivity contribution is -0.119. The molecule has 1 aliphatic rings. The molecule has 0 saturated heterocycles. The van der Waals surface area contributed by atoms with Crippen LogP contribution in [0.3, 0.4) is 0 Å². The van der Waals surface area contributed by atoms with E-state index in [9.17, 15) is 9.59 Å². The summed E-state index contributed by atoms with van der Waals surface area (Å²) >= 11 is 5.91. The molecule has 1 atom stereocenters. The number of nitrogens with zero attached hydrogens (tertiary/aromatic N) is 2. The molecule has 0 fully saturated rings. The summed E-state index contributed by atoms with van der Waals surface area (Å²) in [5.41, 5.74) is 5.21. The topological polar surface area (TPSA) is 64.0 Å². The molecule has 0 aliphatic heterocycles. The number of carbonyl (C=O) groups is 1. The molecule has 0 saturated carbocycles. The largest absolute Gasteiger partial charge is 0.324 e. The molecule has 1 aliphatic carbocycles. The van der Waals surface area contributed by atoms with Crippen molar-refractivity contribution in [2.24, 2.45) is 0 Å². The molecule has 154 valence electrons. The first-order chi connectivity index (χ1) is 14.4. The maximum Gasteiger partial charge on any atom is 0.271 e. The standard InChI is InChI=1S/C24H24ClN3O2/c1-15-7-9-17(10-8-15)22-20-5-3-4-6-21(20)24(30)28(27-22)16(2)23(29)26-19-13-11-18(25)12-14-19/h7-14,16H,3-6H2,1-2H3,(H,26,29). The van der Waals surface area contributed by atoms with Gasteiger partial charge in [0.15, 0.2) is 0 Å². The normalized spacial score (nSPS) is 14.1. The fraction of sp³-hybridized carbons (Fsp3) is 0.292. The molecule has 0 radical (unpaired) electrons. The second-order valence-electron chi connectivity index (χ2n) is 7.80. The van der Waals surface area contributed by atoms with E-state index in [-0.39, 0.29) is 11.5 Å². The Morgan fingerprint density at radius 3 is 2.33 bits per heavy atom. The molecular formula is C24H24ClN3O2. The van der Waals surface area contributed by atoms with Crippen LogP contribution in [0.15, 0.2) is 53.3 Å². The van der Waals surface area contributed by atoms with Crippen LogP contribution in [0, 0.1) is 6.92 Å². The van der Waals surface area contributed by atoms with E-state index in [2.05, 4.69) is 10.4 Å². The van der Waals surface area contributed by atoms with E-state index in [1.165, 1.54) is 4.68 Å². The van der Waals surface area contributed by atoms with E-state index in [4.69, 9.17) is 11.6 Å². The zero-order valence-corrected chi connectivity index (χ0v) is 17.9. The number of amides is 1. The number of aryl methyl sites for hydroxylation is 1. The van der Waals surface area contributed by atoms with Gasteiger partial charge in [-0.15, -0.1) is 0 Å². The Balaban J connectivity index is 1.74. The fourth-order valence-corrected chi connectivity index (χ4v) is 3.98. The first-order valence-electron chi connectivity index (χ1n) is 10.2. The van der Waals surface area contributed by atoms with Crippen molar-refractivity contribution in [1.82, 2.24) is 9.78 Å². The van der Waals surface area contributed by atoms with Crippen LogP contribution < -0.4 is 10.9 Å². The van der Waals surface area contributed by atoms with Crippen molar-refractivity contribution in [3.63, 3.8) is 0 Å². The Kier molecular flexibility index (Phi) is 5.73. The lowest BCUT2D eigenvalue weighted by Crippen LogP contribution is -2.37. The van der Waals surface area contributed by atoms with E-state index in [0.29, 0.717) is 10.7 Å². The summed E-state index contributed by atoms with van der Waals surface area (Å²) in [7, 11) is 0. The summed E-state index contributed by atoms with van der Waals surface area (Å²) in [6.45, 7) is 3.74. The zero-order chi connectivity index (χ0) is 21.3. The molecule has 2 aromatic carbocycles. The van der Waals surface area contributed by atoms with Crippen molar-refractivity contribution in [2.75, 3.05) is 5.32 Å². The third-order valence-electron chi connectivity index (χ3n) is 5.61. The van der Waals surface area contributed by atoms with Gasteiger partial charge < -0.3 is 5.32 Å². The first kappa shape index (κ1) is 20.4. The van der Waals surface area contributed by atoms with E-state index in [1.807, 2.05) is 31.2 Å². The van der Waals surface area contributed by atoms with Crippen LogP contribution in [-0.4, -0.2) is 15.7 Å². The summed E-state index contributed by atoms with van der Waals surface area (Å²) in [5, 5.41) is 8.12. The number of nitrogens with one attached hydrogen (secondary N) is 1. The Labute approximate surface area is 180 Å². The monoisotopic (exact) mass is 421 g/mol. The smallest absolute Gasteiger partial charge is 0.271 e. The van der Waals surface area contributed by atoms with Crippen LogP contribution in [-0.2, 0) is 17.6 Å². The van der Waals surface area contributed by atoms with Crippen LogP contribution in [0.2, 0.25) is 5.02 Å². The van der Waals surface area contributed by atoms with E-state index in [1.54, 1.807) is 31.2 Å². The summed E-state index contributed by atoms with van der Waals surface area (Å²) in [6, 6.07) is 14.3. The average Bonchev–Trinajstić information content (AvgIpc) is 2.76. The van der Waals surface area contributed by atoms with E-state index >= 15 is 0 Å². The Morgan fingerprint density at radius 2 is 1.67 bits per heavy atom. The second kappa shape index (κ2) is 8.44. The molecule has 1 unspecified atom stereocenters. The van der Waals surface area contributed by atoms with E-state index < -0.39 is 6.04 Å². The minimum atomic E-state index is -0.746. The van der Waals surface area contributed by atoms with Crippen molar-refractivity contribution in [1.29, 1.82) is 0 Å². The number of hydrogen-bond donors (Lipinski definition) is 1. The summed E-state index contributed by atoms with van der Waals surface area (Å²) in [5.74, 6) is -0.294. The number of carbonyl (C=O) groups excluding carboxylic acids is 1. The van der Waals surface area contributed by atoms with Crippen LogP contribution in [0.5, 0.6) is 0 Å². The number of aromatic nitrogens is 2. The molecule has 0 spiro atoms. The third-order valence-corrected chi connectivity index (χ3v) is 5.86. The van der Waals surface area contributed by atoms with Crippen LogP contribution in [0.4, 0.5) is 5.69 Å². The molecular weight excluding hydrogens is 398 g/mol. The highest BCUT2D eigenvalue weighted by molar-refractivity contribution is 6.30. The number of halogens is 1. The van der Waals surface area contributed by atoms with Gasteiger partial charge in [-0.25, -0.2) is 4.68 Å². The zero-order valence-electron chi connectivity index (χ0n) is 17.1. The van der Waals surface area contributed by atoms with Crippen molar-refractivity contribution in [3.8, 4) is 11.3 Å². The average molecular weight is 422 g/mol. The maximum atomic E-state index is 13.2. The van der Waals surface area contributed by atoms with Gasteiger partial charge in [0.25, 0.3) is 5.56 Å². The molecule has 1 amide bonds. The molecule has 0 bridgehead atoms. The summed E-state index contributed by atoms with van der Waals surface area (Å²) < 4.78 is 1.34. The highest BCUT2D eigenvalue weighted by atomic mass is 35.5. The van der Waals surface area contributed by atoms with Crippen LogP contribution in [0.1, 0.15) is 42.5 Å². The first-order valence-corrected chi connectivity index (χ1v) is 10.6. The molecule has 3 aromatic rings. The number of anilines is 1. The number of hydrogen-bond acceptors (Lipinski definition) is 3.